The van der Waals surface area contributed by atoms with Gasteiger partial charge in [-0.25, -0.2) is 4.98 Å². The smallest absolute Gasteiger partial charge is 0.110 e. The number of likely N-dealkylation sites (tertiary alicyclic amines) is 1. The molecule has 1 saturated heterocycles. The van der Waals surface area contributed by atoms with E-state index in [4.69, 9.17) is 11.6 Å². The van der Waals surface area contributed by atoms with Gasteiger partial charge < -0.3 is 0 Å². The Morgan fingerprint density at radius 2 is 2.29 bits per heavy atom. The van der Waals surface area contributed by atoms with Crippen molar-refractivity contribution in [2.24, 2.45) is 0 Å². The van der Waals surface area contributed by atoms with Crippen molar-refractivity contribution in [1.82, 2.24) is 9.88 Å². The van der Waals surface area contributed by atoms with Crippen molar-refractivity contribution in [3.63, 3.8) is 0 Å². The molecule has 4 heteroatoms. The minimum absolute atomic E-state index is 0.472. The highest BCUT2D eigenvalue weighted by molar-refractivity contribution is 7.09. The molecule has 0 bridgehead atoms. The second-order valence-electron chi connectivity index (χ2n) is 3.73. The number of thiazole rings is 1. The van der Waals surface area contributed by atoms with Crippen LogP contribution in [0.25, 0.3) is 0 Å². The van der Waals surface area contributed by atoms with E-state index >= 15 is 0 Å². The van der Waals surface area contributed by atoms with Crippen LogP contribution in [0.1, 0.15) is 36.5 Å². The quantitative estimate of drug-likeness (QED) is 0.743. The highest BCUT2D eigenvalue weighted by atomic mass is 35.5. The van der Waals surface area contributed by atoms with Gasteiger partial charge in [0, 0.05) is 5.38 Å². The van der Waals surface area contributed by atoms with E-state index in [1.807, 2.05) is 0 Å². The van der Waals surface area contributed by atoms with Gasteiger partial charge in [0.2, 0.25) is 0 Å². The maximum atomic E-state index is 5.74. The van der Waals surface area contributed by atoms with Gasteiger partial charge in [-0.2, -0.15) is 0 Å². The van der Waals surface area contributed by atoms with Crippen LogP contribution in [0.5, 0.6) is 0 Å². The van der Waals surface area contributed by atoms with E-state index < -0.39 is 0 Å². The molecule has 0 aromatic carbocycles. The number of hydrogen-bond donors (Lipinski definition) is 0. The van der Waals surface area contributed by atoms with Crippen LogP contribution in [-0.2, 0) is 5.88 Å². The van der Waals surface area contributed by atoms with Crippen molar-refractivity contribution in [3.8, 4) is 0 Å². The minimum atomic E-state index is 0.472. The zero-order valence-electron chi connectivity index (χ0n) is 8.37. The number of aromatic nitrogens is 1. The van der Waals surface area contributed by atoms with E-state index in [-0.39, 0.29) is 0 Å². The number of alkyl halides is 1. The molecule has 2 rings (SSSR count). The average molecular weight is 231 g/mol. The van der Waals surface area contributed by atoms with Crippen molar-refractivity contribution in [2.45, 2.75) is 31.7 Å². The summed E-state index contributed by atoms with van der Waals surface area (Å²) in [5, 5.41) is 3.28. The highest BCUT2D eigenvalue weighted by Crippen LogP contribution is 2.27. The SMILES string of the molecule is CC(c1nc(CCl)cs1)N1CCCC1. The molecule has 1 unspecified atom stereocenters. The number of hydrogen-bond acceptors (Lipinski definition) is 3. The van der Waals surface area contributed by atoms with Gasteiger partial charge >= 0.3 is 0 Å². The van der Waals surface area contributed by atoms with Crippen LogP contribution in [0.15, 0.2) is 5.38 Å². The Morgan fingerprint density at radius 3 is 2.86 bits per heavy atom. The maximum absolute atomic E-state index is 5.74. The molecule has 0 radical (unpaired) electrons. The van der Waals surface area contributed by atoms with E-state index in [9.17, 15) is 0 Å². The molecule has 1 aromatic rings. The summed E-state index contributed by atoms with van der Waals surface area (Å²) in [5.41, 5.74) is 1.01. The summed E-state index contributed by atoms with van der Waals surface area (Å²) < 4.78 is 0. The fourth-order valence-electron chi connectivity index (χ4n) is 1.86. The van der Waals surface area contributed by atoms with Crippen molar-refractivity contribution in [1.29, 1.82) is 0 Å². The van der Waals surface area contributed by atoms with Gasteiger partial charge in [0.05, 0.1) is 17.6 Å². The molecule has 2 nitrogen and oxygen atoms in total. The molecule has 1 atom stereocenters. The monoisotopic (exact) mass is 230 g/mol. The van der Waals surface area contributed by atoms with Crippen molar-refractivity contribution in [3.05, 3.63) is 16.1 Å². The lowest BCUT2D eigenvalue weighted by atomic mass is 10.3. The largest absolute Gasteiger partial charge is 0.294 e. The third kappa shape index (κ3) is 2.10. The van der Waals surface area contributed by atoms with Crippen molar-refractivity contribution >= 4 is 22.9 Å². The number of nitrogens with zero attached hydrogens (tertiary/aromatic N) is 2. The molecule has 1 fully saturated rings. The van der Waals surface area contributed by atoms with E-state index in [1.165, 1.54) is 30.9 Å². The average Bonchev–Trinajstić information content (AvgIpc) is 2.88. The van der Waals surface area contributed by atoms with Crippen LogP contribution in [0.3, 0.4) is 0 Å². The predicted octanol–water partition coefficient (Wildman–Crippen LogP) is 3.04. The molecule has 14 heavy (non-hydrogen) atoms. The normalized spacial score (nSPS) is 20.1. The first-order chi connectivity index (χ1) is 6.81. The van der Waals surface area contributed by atoms with Crippen LogP contribution in [0, 0.1) is 0 Å². The second-order valence-corrected chi connectivity index (χ2v) is 4.89. The summed E-state index contributed by atoms with van der Waals surface area (Å²) in [6.45, 7) is 4.68. The third-order valence-corrected chi connectivity index (χ3v) is 4.09. The number of rotatable bonds is 3. The van der Waals surface area contributed by atoms with E-state index in [0.29, 0.717) is 11.9 Å². The summed E-state index contributed by atoms with van der Waals surface area (Å²) in [6, 6.07) is 0.472. The standard InChI is InChI=1S/C10H15ClN2S/c1-8(13-4-2-3-5-13)10-12-9(6-11)7-14-10/h7-8H,2-6H2,1H3. The fraction of sp³-hybridized carbons (Fsp3) is 0.700. The first kappa shape index (κ1) is 10.4. The summed E-state index contributed by atoms with van der Waals surface area (Å²) in [6.07, 6.45) is 2.66. The van der Waals surface area contributed by atoms with E-state index in [0.717, 1.165) is 5.69 Å². The summed E-state index contributed by atoms with van der Waals surface area (Å²) in [4.78, 5) is 7.02. The molecule has 0 spiro atoms. The van der Waals surface area contributed by atoms with Crippen LogP contribution in [0.4, 0.5) is 0 Å². The van der Waals surface area contributed by atoms with E-state index in [2.05, 4.69) is 22.2 Å². The van der Waals surface area contributed by atoms with Gasteiger partial charge in [-0.05, 0) is 32.9 Å². The van der Waals surface area contributed by atoms with Gasteiger partial charge in [-0.3, -0.25) is 4.90 Å². The topological polar surface area (TPSA) is 16.1 Å². The summed E-state index contributed by atoms with van der Waals surface area (Å²) in [5.74, 6) is 0.531. The van der Waals surface area contributed by atoms with Gasteiger partial charge in [0.25, 0.3) is 0 Å². The van der Waals surface area contributed by atoms with Gasteiger partial charge in [0.1, 0.15) is 5.01 Å². The first-order valence-corrected chi connectivity index (χ1v) is 6.47. The molecule has 1 aliphatic heterocycles. The van der Waals surface area contributed by atoms with Crippen LogP contribution < -0.4 is 0 Å². The van der Waals surface area contributed by atoms with Crippen LogP contribution in [-0.4, -0.2) is 23.0 Å². The van der Waals surface area contributed by atoms with Crippen molar-refractivity contribution in [2.75, 3.05) is 13.1 Å². The lowest BCUT2D eigenvalue weighted by Gasteiger charge is -2.21. The molecule has 2 heterocycles. The Hall–Kier alpha value is -0.120. The Labute approximate surface area is 93.9 Å². The molecule has 1 aromatic heterocycles. The Balaban J connectivity index is 2.05. The Kier molecular flexibility index (Phi) is 3.42. The lowest BCUT2D eigenvalue weighted by Crippen LogP contribution is -2.23. The van der Waals surface area contributed by atoms with Gasteiger partial charge in [-0.15, -0.1) is 22.9 Å². The molecule has 1 aliphatic rings. The van der Waals surface area contributed by atoms with Gasteiger partial charge in [-0.1, -0.05) is 0 Å². The lowest BCUT2D eigenvalue weighted by molar-refractivity contribution is 0.262. The first-order valence-electron chi connectivity index (χ1n) is 5.05. The fourth-order valence-corrected chi connectivity index (χ4v) is 3.00. The molecule has 0 saturated carbocycles. The maximum Gasteiger partial charge on any atom is 0.110 e. The van der Waals surface area contributed by atoms with Crippen LogP contribution in [0.2, 0.25) is 0 Å². The molecule has 78 valence electrons. The molecule has 0 amide bonds. The molecule has 0 N–H and O–H groups in total. The predicted molar refractivity (Wildman–Crippen MR) is 60.9 cm³/mol. The molecular formula is C10H15ClN2S. The second kappa shape index (κ2) is 4.60. The van der Waals surface area contributed by atoms with Gasteiger partial charge in [0.15, 0.2) is 0 Å². The van der Waals surface area contributed by atoms with Crippen LogP contribution >= 0.6 is 22.9 Å². The summed E-state index contributed by atoms with van der Waals surface area (Å²) in [7, 11) is 0. The van der Waals surface area contributed by atoms with E-state index in [1.54, 1.807) is 11.3 Å². The highest BCUT2D eigenvalue weighted by Gasteiger charge is 2.21. The minimum Gasteiger partial charge on any atom is -0.294 e. The number of halogens is 1. The van der Waals surface area contributed by atoms with Crippen molar-refractivity contribution < 1.29 is 0 Å². The zero-order chi connectivity index (χ0) is 9.97. The third-order valence-electron chi connectivity index (χ3n) is 2.75. The Bertz CT molecular complexity index is 294. The molecular weight excluding hydrogens is 216 g/mol. The molecule has 0 aliphatic carbocycles. The summed E-state index contributed by atoms with van der Waals surface area (Å²) >= 11 is 7.47. The Morgan fingerprint density at radius 1 is 1.57 bits per heavy atom. The zero-order valence-corrected chi connectivity index (χ0v) is 9.94.